The van der Waals surface area contributed by atoms with Crippen molar-refractivity contribution in [3.63, 3.8) is 0 Å². The molecule has 3 aromatic carbocycles. The lowest BCUT2D eigenvalue weighted by Gasteiger charge is -2.35. The molecular formula is C25H21BClN3O3. The maximum Gasteiger partial charge on any atom is 0.416 e. The Labute approximate surface area is 197 Å². The Morgan fingerprint density at radius 3 is 2.55 bits per heavy atom. The van der Waals surface area contributed by atoms with Crippen LogP contribution in [0.15, 0.2) is 66.7 Å². The van der Waals surface area contributed by atoms with Crippen LogP contribution < -0.4 is 20.7 Å². The molecule has 164 valence electrons. The molecule has 0 saturated heterocycles. The smallest absolute Gasteiger partial charge is 0.416 e. The van der Waals surface area contributed by atoms with Gasteiger partial charge in [-0.3, -0.25) is 10.6 Å². The first-order chi connectivity index (χ1) is 16.0. The van der Waals surface area contributed by atoms with Crippen LogP contribution in [-0.2, 0) is 6.42 Å². The number of nitrogens with two attached hydrogens (primary N) is 1. The lowest BCUT2D eigenvalue weighted by atomic mass is 9.92. The number of hydrogen-bond donors (Lipinski definition) is 2. The lowest BCUT2D eigenvalue weighted by Crippen LogP contribution is -2.42. The van der Waals surface area contributed by atoms with Crippen LogP contribution in [0.1, 0.15) is 22.9 Å². The summed E-state index contributed by atoms with van der Waals surface area (Å²) in [5.41, 5.74) is 10.1. The zero-order valence-electron chi connectivity index (χ0n) is 17.8. The fourth-order valence-electron chi connectivity index (χ4n) is 4.34. The lowest BCUT2D eigenvalue weighted by molar-refractivity contribution is 0.135. The van der Waals surface area contributed by atoms with Crippen LogP contribution in [0.25, 0.3) is 10.9 Å². The zero-order chi connectivity index (χ0) is 22.9. The van der Waals surface area contributed by atoms with E-state index >= 15 is 0 Å². The highest BCUT2D eigenvalue weighted by Crippen LogP contribution is 2.39. The predicted molar refractivity (Wildman–Crippen MR) is 130 cm³/mol. The van der Waals surface area contributed by atoms with Gasteiger partial charge in [0, 0.05) is 28.2 Å². The van der Waals surface area contributed by atoms with Gasteiger partial charge in [-0.2, -0.15) is 0 Å². The number of aromatic amines is 1. The summed E-state index contributed by atoms with van der Waals surface area (Å²) >= 11 is 6.27. The number of nitrogens with one attached hydrogen (secondary N) is 1. The van der Waals surface area contributed by atoms with Crippen LogP contribution in [0.5, 0.6) is 11.5 Å². The molecule has 0 saturated carbocycles. The van der Waals surface area contributed by atoms with Gasteiger partial charge >= 0.3 is 6.09 Å². The van der Waals surface area contributed by atoms with E-state index in [0.29, 0.717) is 35.0 Å². The topological polar surface area (TPSA) is 80.6 Å². The molecule has 5 rings (SSSR count). The molecule has 33 heavy (non-hydrogen) atoms. The van der Waals surface area contributed by atoms with Gasteiger partial charge in [-0.05, 0) is 60.0 Å². The van der Waals surface area contributed by atoms with Gasteiger partial charge in [0.1, 0.15) is 32.1 Å². The Hall–Kier alpha value is -3.42. The van der Waals surface area contributed by atoms with Gasteiger partial charge in [0.05, 0.1) is 0 Å². The van der Waals surface area contributed by atoms with E-state index in [-0.39, 0.29) is 12.8 Å². The fraction of sp³-hybridized carbons (Fsp3) is 0.160. The number of aromatic nitrogens is 1. The summed E-state index contributed by atoms with van der Waals surface area (Å²) in [6.45, 7) is 0.585. The molecular weight excluding hydrogens is 437 g/mol. The first kappa shape index (κ1) is 21.4. The van der Waals surface area contributed by atoms with Crippen molar-refractivity contribution in [3.05, 3.63) is 88.6 Å². The molecule has 1 aliphatic rings. The molecule has 0 fully saturated rings. The number of fused-ring (bicyclic) bond motifs is 3. The predicted octanol–water partition coefficient (Wildman–Crippen LogP) is 4.06. The van der Waals surface area contributed by atoms with Crippen LogP contribution in [-0.4, -0.2) is 37.1 Å². The first-order valence-corrected chi connectivity index (χ1v) is 11.0. The highest BCUT2D eigenvalue weighted by atomic mass is 35.5. The minimum Gasteiger partial charge on any atom is -0.479 e. The third kappa shape index (κ3) is 4.17. The van der Waals surface area contributed by atoms with Crippen molar-refractivity contribution in [2.75, 3.05) is 13.3 Å². The number of ether oxygens (including phenoxy) is 2. The summed E-state index contributed by atoms with van der Waals surface area (Å²) in [6.07, 6.45) is 0.242. The van der Waals surface area contributed by atoms with Crippen LogP contribution >= 0.6 is 11.6 Å². The molecule has 1 aliphatic heterocycles. The normalized spacial score (nSPS) is 15.3. The van der Waals surface area contributed by atoms with E-state index in [4.69, 9.17) is 34.7 Å². The molecule has 3 N–H and O–H groups in total. The molecule has 6 nitrogen and oxygen atoms in total. The summed E-state index contributed by atoms with van der Waals surface area (Å²) < 4.78 is 11.1. The summed E-state index contributed by atoms with van der Waals surface area (Å²) in [4.78, 5) is 18.5. The molecule has 0 spiro atoms. The van der Waals surface area contributed by atoms with Crippen molar-refractivity contribution in [2.24, 2.45) is 5.73 Å². The summed E-state index contributed by atoms with van der Waals surface area (Å²) in [7, 11) is 5.75. The number of halogens is 1. The largest absolute Gasteiger partial charge is 0.479 e. The molecule has 8 heteroatoms. The Bertz CT molecular complexity index is 1310. The summed E-state index contributed by atoms with van der Waals surface area (Å²) in [5.74, 6) is 1.10. The maximum absolute atomic E-state index is 13.3. The third-order valence-corrected chi connectivity index (χ3v) is 6.09. The van der Waals surface area contributed by atoms with Crippen LogP contribution in [0.3, 0.4) is 0 Å². The standard InChI is InChI=1S/C25H21BClN3O3/c26-16-3-8-19(9-4-16)33-25(31)30-12-11-20-21-13-17(27)5-10-22(21)29-23(20)24(30)15-1-6-18(7-2-15)32-14-28/h1-10,13,24,29H,11-12,14,28H2. The molecule has 2 heterocycles. The van der Waals surface area contributed by atoms with Crippen molar-refractivity contribution in [1.29, 1.82) is 0 Å². The van der Waals surface area contributed by atoms with Crippen molar-refractivity contribution in [2.45, 2.75) is 12.5 Å². The van der Waals surface area contributed by atoms with E-state index in [1.54, 1.807) is 29.2 Å². The second kappa shape index (κ2) is 8.85. The van der Waals surface area contributed by atoms with Gasteiger partial charge in [0.2, 0.25) is 0 Å². The quantitative estimate of drug-likeness (QED) is 0.358. The van der Waals surface area contributed by atoms with Crippen molar-refractivity contribution in [1.82, 2.24) is 9.88 Å². The van der Waals surface area contributed by atoms with E-state index in [1.807, 2.05) is 42.5 Å². The van der Waals surface area contributed by atoms with Gasteiger partial charge in [-0.1, -0.05) is 41.3 Å². The maximum atomic E-state index is 13.3. The molecule has 4 aromatic rings. The summed E-state index contributed by atoms with van der Waals surface area (Å²) in [6, 6.07) is 19.7. The van der Waals surface area contributed by atoms with Crippen molar-refractivity contribution >= 4 is 41.9 Å². The van der Waals surface area contributed by atoms with Gasteiger partial charge in [-0.15, -0.1) is 0 Å². The molecule has 1 aromatic heterocycles. The van der Waals surface area contributed by atoms with Crippen molar-refractivity contribution < 1.29 is 14.3 Å². The minimum absolute atomic E-state index is 0.0930. The Kier molecular flexibility index (Phi) is 5.75. The van der Waals surface area contributed by atoms with Crippen LogP contribution in [0.4, 0.5) is 4.79 Å². The molecule has 0 aliphatic carbocycles. The molecule has 1 amide bonds. The average Bonchev–Trinajstić information content (AvgIpc) is 3.18. The number of nitrogens with zero attached hydrogens (tertiary/aromatic N) is 1. The number of amides is 1. The second-order valence-corrected chi connectivity index (χ2v) is 8.31. The molecule has 1 atom stereocenters. The Morgan fingerprint density at radius 2 is 1.82 bits per heavy atom. The van der Waals surface area contributed by atoms with Crippen LogP contribution in [0, 0.1) is 0 Å². The van der Waals surface area contributed by atoms with Crippen LogP contribution in [0.2, 0.25) is 5.02 Å². The van der Waals surface area contributed by atoms with Gasteiger partial charge in [0.25, 0.3) is 0 Å². The molecule has 2 radical (unpaired) electrons. The molecule has 1 unspecified atom stereocenters. The van der Waals surface area contributed by atoms with E-state index in [2.05, 4.69) is 4.98 Å². The minimum atomic E-state index is -0.436. The van der Waals surface area contributed by atoms with E-state index in [0.717, 1.165) is 27.7 Å². The summed E-state index contributed by atoms with van der Waals surface area (Å²) in [5, 5.41) is 1.74. The number of hydrogen-bond acceptors (Lipinski definition) is 4. The SMILES string of the molecule is [B]c1ccc(OC(=O)N2CCc3c([nH]c4ccc(Cl)cc34)C2c2ccc(OCN)cc2)cc1. The first-order valence-electron chi connectivity index (χ1n) is 10.6. The average molecular weight is 458 g/mol. The zero-order valence-corrected chi connectivity index (χ0v) is 18.5. The van der Waals surface area contributed by atoms with Crippen molar-refractivity contribution in [3.8, 4) is 11.5 Å². The fourth-order valence-corrected chi connectivity index (χ4v) is 4.51. The Morgan fingerprint density at radius 1 is 1.09 bits per heavy atom. The number of rotatable bonds is 4. The number of H-pyrrole nitrogens is 1. The third-order valence-electron chi connectivity index (χ3n) is 5.85. The highest BCUT2D eigenvalue weighted by molar-refractivity contribution is 6.32. The van der Waals surface area contributed by atoms with Gasteiger partial charge < -0.3 is 14.5 Å². The number of carbonyl (C=O) groups excluding carboxylic acids is 1. The second-order valence-electron chi connectivity index (χ2n) is 7.87. The monoisotopic (exact) mass is 457 g/mol. The van der Waals surface area contributed by atoms with Gasteiger partial charge in [-0.25, -0.2) is 4.79 Å². The molecule has 0 bridgehead atoms. The van der Waals surface area contributed by atoms with E-state index in [1.165, 1.54) is 0 Å². The van der Waals surface area contributed by atoms with E-state index in [9.17, 15) is 4.79 Å². The van der Waals surface area contributed by atoms with Gasteiger partial charge in [0.15, 0.2) is 0 Å². The van der Waals surface area contributed by atoms with E-state index < -0.39 is 6.09 Å². The number of benzene rings is 3. The number of carbonyl (C=O) groups is 1. The highest BCUT2D eigenvalue weighted by Gasteiger charge is 2.35. The Balaban J connectivity index is 1.56.